The number of hydrogen-bond acceptors (Lipinski definition) is 5. The summed E-state index contributed by atoms with van der Waals surface area (Å²) in [5, 5.41) is 5.33. The third-order valence-electron chi connectivity index (χ3n) is 4.78. The first kappa shape index (κ1) is 18.4. The summed E-state index contributed by atoms with van der Waals surface area (Å²) in [5.41, 5.74) is 0.889. The molecule has 1 aromatic carbocycles. The normalized spacial score (nSPS) is 16.0. The van der Waals surface area contributed by atoms with Crippen LogP contribution in [0.25, 0.3) is 5.65 Å². The molecule has 2 aromatic heterocycles. The molecule has 0 unspecified atom stereocenters. The fourth-order valence-corrected chi connectivity index (χ4v) is 3.61. The molecule has 0 N–H and O–H groups in total. The van der Waals surface area contributed by atoms with Crippen LogP contribution in [0.3, 0.4) is 0 Å². The highest BCUT2D eigenvalue weighted by Gasteiger charge is 2.18. The molecule has 0 spiro atoms. The fourth-order valence-electron chi connectivity index (χ4n) is 3.23. The molecular formula is C19H22ClN5OS. The Morgan fingerprint density at radius 3 is 2.48 bits per heavy atom. The Bertz CT molecular complexity index is 947. The Morgan fingerprint density at radius 1 is 1.00 bits per heavy atom. The number of fused-ring (bicyclic) bond motifs is 1. The van der Waals surface area contributed by atoms with Crippen LogP contribution in [0.4, 0.5) is 0 Å². The summed E-state index contributed by atoms with van der Waals surface area (Å²) in [6.07, 6.45) is 1.96. The lowest BCUT2D eigenvalue weighted by atomic mass is 10.3. The molecule has 27 heavy (non-hydrogen) atoms. The lowest BCUT2D eigenvalue weighted by Gasteiger charge is -2.34. The number of halogens is 1. The predicted octanol–water partition coefficient (Wildman–Crippen LogP) is 3.17. The summed E-state index contributed by atoms with van der Waals surface area (Å²) in [4.78, 5) is 4.81. The Morgan fingerprint density at radius 2 is 1.74 bits per heavy atom. The molecule has 0 bridgehead atoms. The largest absolute Gasteiger partial charge is 0.492 e. The van der Waals surface area contributed by atoms with Crippen LogP contribution in [0, 0.1) is 4.77 Å². The quantitative estimate of drug-likeness (QED) is 0.591. The highest BCUT2D eigenvalue weighted by molar-refractivity contribution is 7.71. The molecular weight excluding hydrogens is 382 g/mol. The lowest BCUT2D eigenvalue weighted by Crippen LogP contribution is -2.47. The second kappa shape index (κ2) is 8.39. The number of aromatic nitrogens is 3. The van der Waals surface area contributed by atoms with Gasteiger partial charge in [-0.15, -0.1) is 0 Å². The van der Waals surface area contributed by atoms with E-state index in [-0.39, 0.29) is 0 Å². The van der Waals surface area contributed by atoms with Gasteiger partial charge >= 0.3 is 0 Å². The molecule has 1 aliphatic heterocycles. The summed E-state index contributed by atoms with van der Waals surface area (Å²) < 4.78 is 10.4. The van der Waals surface area contributed by atoms with Crippen LogP contribution >= 0.6 is 23.8 Å². The van der Waals surface area contributed by atoms with Crippen molar-refractivity contribution < 1.29 is 4.74 Å². The van der Waals surface area contributed by atoms with Gasteiger partial charge in [-0.05, 0) is 48.6 Å². The number of nitrogens with zero attached hydrogens (tertiary/aromatic N) is 5. The van der Waals surface area contributed by atoms with Crippen molar-refractivity contribution in [2.24, 2.45) is 0 Å². The Labute approximate surface area is 168 Å². The van der Waals surface area contributed by atoms with Crippen LogP contribution in [-0.2, 0) is 6.67 Å². The second-order valence-corrected chi connectivity index (χ2v) is 7.42. The average Bonchev–Trinajstić information content (AvgIpc) is 3.01. The first-order chi connectivity index (χ1) is 13.2. The number of benzene rings is 1. The van der Waals surface area contributed by atoms with Crippen molar-refractivity contribution in [1.29, 1.82) is 0 Å². The van der Waals surface area contributed by atoms with Gasteiger partial charge in [0.2, 0.25) is 4.77 Å². The highest BCUT2D eigenvalue weighted by Crippen LogP contribution is 2.15. The first-order valence-corrected chi connectivity index (χ1v) is 9.85. The highest BCUT2D eigenvalue weighted by atomic mass is 35.5. The predicted molar refractivity (Wildman–Crippen MR) is 109 cm³/mol. The van der Waals surface area contributed by atoms with Gasteiger partial charge in [0.15, 0.2) is 5.65 Å². The second-order valence-electron chi connectivity index (χ2n) is 6.61. The summed E-state index contributed by atoms with van der Waals surface area (Å²) >= 11 is 11.4. The summed E-state index contributed by atoms with van der Waals surface area (Å²) in [5.74, 6) is 0.860. The maximum absolute atomic E-state index is 5.89. The van der Waals surface area contributed by atoms with E-state index in [2.05, 4.69) is 14.9 Å². The van der Waals surface area contributed by atoms with Crippen molar-refractivity contribution in [3.63, 3.8) is 0 Å². The van der Waals surface area contributed by atoms with Crippen molar-refractivity contribution >= 4 is 29.5 Å². The van der Waals surface area contributed by atoms with Gasteiger partial charge in [-0.3, -0.25) is 14.2 Å². The Balaban J connectivity index is 1.24. The van der Waals surface area contributed by atoms with Crippen molar-refractivity contribution in [2.75, 3.05) is 39.3 Å². The van der Waals surface area contributed by atoms with Crippen molar-refractivity contribution in [3.05, 3.63) is 58.5 Å². The SMILES string of the molecule is S=c1n(CN2CCN(CCOc3ccc(Cl)cc3)CC2)nc2ccccn12. The zero-order valence-electron chi connectivity index (χ0n) is 15.0. The number of rotatable bonds is 6. The van der Waals surface area contributed by atoms with E-state index in [1.165, 1.54) is 0 Å². The van der Waals surface area contributed by atoms with Gasteiger partial charge in [0, 0.05) is 43.9 Å². The lowest BCUT2D eigenvalue weighted by molar-refractivity contribution is 0.0922. The molecule has 1 fully saturated rings. The topological polar surface area (TPSA) is 37.9 Å². The Kier molecular flexibility index (Phi) is 5.73. The zero-order valence-corrected chi connectivity index (χ0v) is 16.6. The molecule has 0 saturated carbocycles. The fraction of sp³-hybridized carbons (Fsp3) is 0.368. The molecule has 0 atom stereocenters. The minimum Gasteiger partial charge on any atom is -0.492 e. The molecule has 3 heterocycles. The first-order valence-electron chi connectivity index (χ1n) is 9.06. The summed E-state index contributed by atoms with van der Waals surface area (Å²) in [6, 6.07) is 13.4. The Hall–Kier alpha value is -1.93. The molecule has 4 rings (SSSR count). The molecule has 142 valence electrons. The molecule has 1 saturated heterocycles. The molecule has 0 aliphatic carbocycles. The van der Waals surface area contributed by atoms with Crippen LogP contribution in [-0.4, -0.2) is 63.3 Å². The van der Waals surface area contributed by atoms with E-state index in [1.807, 2.05) is 57.7 Å². The van der Waals surface area contributed by atoms with Crippen LogP contribution in [0.2, 0.25) is 5.02 Å². The van der Waals surface area contributed by atoms with Gasteiger partial charge in [0.1, 0.15) is 12.4 Å². The van der Waals surface area contributed by atoms with Gasteiger partial charge in [-0.2, -0.15) is 5.10 Å². The molecule has 0 amide bonds. The molecule has 6 nitrogen and oxygen atoms in total. The van der Waals surface area contributed by atoms with Gasteiger partial charge < -0.3 is 4.74 Å². The van der Waals surface area contributed by atoms with Crippen molar-refractivity contribution in [2.45, 2.75) is 6.67 Å². The van der Waals surface area contributed by atoms with Crippen molar-refractivity contribution in [1.82, 2.24) is 24.0 Å². The molecule has 1 aliphatic rings. The third kappa shape index (κ3) is 4.50. The van der Waals surface area contributed by atoms with Crippen LogP contribution in [0.15, 0.2) is 48.7 Å². The minimum atomic E-state index is 0.680. The van der Waals surface area contributed by atoms with E-state index < -0.39 is 0 Å². The maximum atomic E-state index is 5.89. The van der Waals surface area contributed by atoms with E-state index in [4.69, 9.17) is 28.6 Å². The maximum Gasteiger partial charge on any atom is 0.203 e. The number of hydrogen-bond donors (Lipinski definition) is 0. The van der Waals surface area contributed by atoms with Crippen LogP contribution in [0.1, 0.15) is 0 Å². The molecule has 0 radical (unpaired) electrons. The minimum absolute atomic E-state index is 0.680. The number of pyridine rings is 1. The van der Waals surface area contributed by atoms with Crippen LogP contribution in [0.5, 0.6) is 5.75 Å². The van der Waals surface area contributed by atoms with E-state index >= 15 is 0 Å². The van der Waals surface area contributed by atoms with E-state index in [0.717, 1.165) is 60.6 Å². The number of ether oxygens (including phenoxy) is 1. The monoisotopic (exact) mass is 403 g/mol. The smallest absolute Gasteiger partial charge is 0.203 e. The van der Waals surface area contributed by atoms with Gasteiger partial charge in [0.25, 0.3) is 0 Å². The van der Waals surface area contributed by atoms with E-state index in [1.54, 1.807) is 0 Å². The van der Waals surface area contributed by atoms with Gasteiger partial charge in [-0.1, -0.05) is 17.7 Å². The molecule has 3 aromatic rings. The summed E-state index contributed by atoms with van der Waals surface area (Å²) in [7, 11) is 0. The average molecular weight is 404 g/mol. The van der Waals surface area contributed by atoms with Gasteiger partial charge in [0.05, 0.1) is 6.67 Å². The van der Waals surface area contributed by atoms with Gasteiger partial charge in [-0.25, -0.2) is 4.68 Å². The van der Waals surface area contributed by atoms with Crippen LogP contribution < -0.4 is 4.74 Å². The van der Waals surface area contributed by atoms with Crippen molar-refractivity contribution in [3.8, 4) is 5.75 Å². The van der Waals surface area contributed by atoms with E-state index in [9.17, 15) is 0 Å². The standard InChI is InChI=1S/C19H22ClN5OS/c20-16-4-6-17(7-5-16)26-14-13-22-9-11-23(12-10-22)15-25-19(27)24-8-2-1-3-18(24)21-25/h1-8H,9-15H2. The zero-order chi connectivity index (χ0) is 18.6. The summed E-state index contributed by atoms with van der Waals surface area (Å²) in [6.45, 7) is 6.36. The number of piperazine rings is 1. The molecule has 8 heteroatoms. The van der Waals surface area contributed by atoms with E-state index in [0.29, 0.717) is 6.61 Å². The third-order valence-corrected chi connectivity index (χ3v) is 5.44.